The van der Waals surface area contributed by atoms with Gasteiger partial charge in [-0.05, 0) is 36.1 Å². The van der Waals surface area contributed by atoms with Crippen LogP contribution in [0.2, 0.25) is 0 Å². The standard InChI is InChI=1S/C21H24FN7O2/c1-23-20(30)15-5-14(19(22)18(6-15)31-2)4-3-13-7-25-21(26-8-13)28-16-9-27-29(12-16)17-10-24-11-17/h5-9,12,17,24H,3-4,10-11H2,1-2H3,(H,23,30)(H,25,26,28). The van der Waals surface area contributed by atoms with Crippen LogP contribution in [0.5, 0.6) is 5.75 Å². The quantitative estimate of drug-likeness (QED) is 0.506. The third-order valence-electron chi connectivity index (χ3n) is 5.20. The van der Waals surface area contributed by atoms with E-state index >= 15 is 0 Å². The van der Waals surface area contributed by atoms with E-state index in [-0.39, 0.29) is 11.7 Å². The van der Waals surface area contributed by atoms with Crippen LogP contribution in [-0.2, 0) is 12.8 Å². The molecule has 1 saturated heterocycles. The van der Waals surface area contributed by atoms with Gasteiger partial charge in [-0.1, -0.05) is 0 Å². The molecule has 9 nitrogen and oxygen atoms in total. The first-order valence-electron chi connectivity index (χ1n) is 9.98. The zero-order valence-corrected chi connectivity index (χ0v) is 17.4. The number of carbonyl (C=O) groups excluding carboxylic acids is 1. The van der Waals surface area contributed by atoms with E-state index in [0.29, 0.717) is 36.0 Å². The van der Waals surface area contributed by atoms with Crippen LogP contribution in [0.4, 0.5) is 16.0 Å². The molecule has 0 unspecified atom stereocenters. The van der Waals surface area contributed by atoms with Gasteiger partial charge in [0.25, 0.3) is 5.91 Å². The van der Waals surface area contributed by atoms with Crippen LogP contribution < -0.4 is 20.7 Å². The average Bonchev–Trinajstić information content (AvgIpc) is 3.19. The van der Waals surface area contributed by atoms with Crippen LogP contribution in [-0.4, -0.2) is 52.9 Å². The lowest BCUT2D eigenvalue weighted by molar-refractivity contribution is 0.0962. The zero-order chi connectivity index (χ0) is 21.8. The predicted octanol–water partition coefficient (Wildman–Crippen LogP) is 1.85. The SMILES string of the molecule is CNC(=O)c1cc(CCc2cnc(Nc3cnn(C4CNC4)c3)nc2)c(F)c(OC)c1. The number of aromatic nitrogens is 4. The van der Waals surface area contributed by atoms with Gasteiger partial charge in [0.05, 0.1) is 25.0 Å². The number of amides is 1. The van der Waals surface area contributed by atoms with Gasteiger partial charge in [-0.25, -0.2) is 14.4 Å². The summed E-state index contributed by atoms with van der Waals surface area (Å²) in [6.07, 6.45) is 7.97. The Morgan fingerprint density at radius 2 is 2.03 bits per heavy atom. The molecule has 10 heteroatoms. The van der Waals surface area contributed by atoms with Crippen molar-refractivity contribution in [1.29, 1.82) is 0 Å². The van der Waals surface area contributed by atoms with E-state index < -0.39 is 5.82 Å². The number of nitrogens with one attached hydrogen (secondary N) is 3. The van der Waals surface area contributed by atoms with Crippen molar-refractivity contribution in [2.75, 3.05) is 32.6 Å². The minimum Gasteiger partial charge on any atom is -0.494 e. The number of rotatable bonds is 8. The number of hydrogen-bond donors (Lipinski definition) is 3. The minimum atomic E-state index is -0.465. The van der Waals surface area contributed by atoms with Crippen molar-refractivity contribution in [2.45, 2.75) is 18.9 Å². The van der Waals surface area contributed by atoms with E-state index in [1.54, 1.807) is 24.7 Å². The zero-order valence-electron chi connectivity index (χ0n) is 17.4. The highest BCUT2D eigenvalue weighted by atomic mass is 19.1. The van der Waals surface area contributed by atoms with Gasteiger partial charge in [0.1, 0.15) is 0 Å². The molecular formula is C21H24FN7O2. The summed E-state index contributed by atoms with van der Waals surface area (Å²) in [4.78, 5) is 20.6. The van der Waals surface area contributed by atoms with Crippen LogP contribution >= 0.6 is 0 Å². The van der Waals surface area contributed by atoms with Crippen LogP contribution in [0.15, 0.2) is 36.9 Å². The minimum absolute atomic E-state index is 0.0464. The summed E-state index contributed by atoms with van der Waals surface area (Å²) in [5.41, 5.74) is 2.42. The molecule has 3 aromatic rings. The Bertz CT molecular complexity index is 1060. The maximum atomic E-state index is 14.6. The predicted molar refractivity (Wildman–Crippen MR) is 113 cm³/mol. The van der Waals surface area contributed by atoms with Gasteiger partial charge < -0.3 is 20.7 Å². The van der Waals surface area contributed by atoms with Crippen molar-refractivity contribution >= 4 is 17.5 Å². The van der Waals surface area contributed by atoms with Crippen LogP contribution in [0.25, 0.3) is 0 Å². The highest BCUT2D eigenvalue weighted by molar-refractivity contribution is 5.94. The lowest BCUT2D eigenvalue weighted by atomic mass is 10.0. The summed E-state index contributed by atoms with van der Waals surface area (Å²) >= 11 is 0. The fourth-order valence-corrected chi connectivity index (χ4v) is 3.28. The highest BCUT2D eigenvalue weighted by Gasteiger charge is 2.19. The number of ether oxygens (including phenoxy) is 1. The molecule has 2 aromatic heterocycles. The number of benzene rings is 1. The summed E-state index contributed by atoms with van der Waals surface area (Å²) in [6.45, 7) is 1.84. The van der Waals surface area contributed by atoms with Gasteiger partial charge in [0, 0.05) is 44.3 Å². The molecule has 0 atom stereocenters. The summed E-state index contributed by atoms with van der Waals surface area (Å²) in [5.74, 6) is -0.252. The molecule has 1 amide bonds. The molecule has 1 aliphatic heterocycles. The fourth-order valence-electron chi connectivity index (χ4n) is 3.28. The van der Waals surface area contributed by atoms with Crippen molar-refractivity contribution in [2.24, 2.45) is 0 Å². The number of anilines is 2. The van der Waals surface area contributed by atoms with Crippen LogP contribution in [0.3, 0.4) is 0 Å². The second-order valence-electron chi connectivity index (χ2n) is 7.29. The Labute approximate surface area is 179 Å². The molecule has 3 heterocycles. The average molecular weight is 425 g/mol. The summed E-state index contributed by atoms with van der Waals surface area (Å²) in [6, 6.07) is 3.33. The van der Waals surface area contributed by atoms with E-state index in [0.717, 1.165) is 24.3 Å². The monoisotopic (exact) mass is 425 g/mol. The number of nitrogens with zero attached hydrogens (tertiary/aromatic N) is 4. The molecular weight excluding hydrogens is 401 g/mol. The van der Waals surface area contributed by atoms with Crippen molar-refractivity contribution in [3.05, 3.63) is 59.4 Å². The normalized spacial score (nSPS) is 13.5. The topological polar surface area (TPSA) is 106 Å². The maximum absolute atomic E-state index is 14.6. The summed E-state index contributed by atoms with van der Waals surface area (Å²) in [7, 11) is 2.91. The van der Waals surface area contributed by atoms with Crippen LogP contribution in [0, 0.1) is 5.82 Å². The Hall–Kier alpha value is -3.53. The maximum Gasteiger partial charge on any atom is 0.251 e. The summed E-state index contributed by atoms with van der Waals surface area (Å²) in [5, 5.41) is 13.2. The first kappa shape index (κ1) is 20.7. The Kier molecular flexibility index (Phi) is 6.08. The van der Waals surface area contributed by atoms with Crippen molar-refractivity contribution < 1.29 is 13.9 Å². The van der Waals surface area contributed by atoms with E-state index in [4.69, 9.17) is 4.74 Å². The fraction of sp³-hybridized carbons (Fsp3) is 0.333. The molecule has 31 heavy (non-hydrogen) atoms. The lowest BCUT2D eigenvalue weighted by Crippen LogP contribution is -2.43. The molecule has 1 fully saturated rings. The molecule has 0 spiro atoms. The third kappa shape index (κ3) is 4.64. The van der Waals surface area contributed by atoms with E-state index in [2.05, 4.69) is 31.0 Å². The Balaban J connectivity index is 1.40. The van der Waals surface area contributed by atoms with Gasteiger partial charge in [-0.3, -0.25) is 9.48 Å². The van der Waals surface area contributed by atoms with Gasteiger partial charge >= 0.3 is 0 Å². The second-order valence-corrected chi connectivity index (χ2v) is 7.29. The second kappa shape index (κ2) is 9.09. The molecule has 0 saturated carbocycles. The Morgan fingerprint density at radius 3 is 2.68 bits per heavy atom. The van der Waals surface area contributed by atoms with Crippen molar-refractivity contribution in [3.8, 4) is 5.75 Å². The molecule has 0 aliphatic carbocycles. The molecule has 4 rings (SSSR count). The van der Waals surface area contributed by atoms with Gasteiger partial charge in [0.15, 0.2) is 11.6 Å². The molecule has 0 bridgehead atoms. The van der Waals surface area contributed by atoms with E-state index in [1.807, 2.05) is 10.9 Å². The molecule has 162 valence electrons. The van der Waals surface area contributed by atoms with E-state index in [1.165, 1.54) is 20.2 Å². The van der Waals surface area contributed by atoms with Gasteiger partial charge in [-0.15, -0.1) is 0 Å². The smallest absolute Gasteiger partial charge is 0.251 e. The number of carbonyl (C=O) groups is 1. The third-order valence-corrected chi connectivity index (χ3v) is 5.20. The Morgan fingerprint density at radius 1 is 1.26 bits per heavy atom. The number of methoxy groups -OCH3 is 1. The molecule has 1 aliphatic rings. The first-order chi connectivity index (χ1) is 15.1. The molecule has 3 N–H and O–H groups in total. The molecule has 1 aromatic carbocycles. The highest BCUT2D eigenvalue weighted by Crippen LogP contribution is 2.24. The lowest BCUT2D eigenvalue weighted by Gasteiger charge is -2.27. The largest absolute Gasteiger partial charge is 0.494 e. The number of halogens is 1. The van der Waals surface area contributed by atoms with Crippen molar-refractivity contribution in [1.82, 2.24) is 30.4 Å². The van der Waals surface area contributed by atoms with Gasteiger partial charge in [0.2, 0.25) is 5.95 Å². The number of hydrogen-bond acceptors (Lipinski definition) is 7. The van der Waals surface area contributed by atoms with Gasteiger partial charge in [-0.2, -0.15) is 5.10 Å². The molecule has 0 radical (unpaired) electrons. The van der Waals surface area contributed by atoms with E-state index in [9.17, 15) is 9.18 Å². The first-order valence-corrected chi connectivity index (χ1v) is 9.98. The van der Waals surface area contributed by atoms with Crippen LogP contribution in [0.1, 0.15) is 27.5 Å². The number of aryl methyl sites for hydroxylation is 2. The van der Waals surface area contributed by atoms with Crippen molar-refractivity contribution in [3.63, 3.8) is 0 Å². The summed E-state index contributed by atoms with van der Waals surface area (Å²) < 4.78 is 21.6.